The number of guanidine groups is 1. The molecule has 0 atom stereocenters. The summed E-state index contributed by atoms with van der Waals surface area (Å²) in [6.07, 6.45) is 0. The predicted molar refractivity (Wildman–Crippen MR) is 109 cm³/mol. The molecule has 1 amide bonds. The third-order valence-corrected chi connectivity index (χ3v) is 4.81. The van der Waals surface area contributed by atoms with Gasteiger partial charge in [-0.15, -0.1) is 0 Å². The van der Waals surface area contributed by atoms with Crippen molar-refractivity contribution >= 4 is 23.5 Å². The maximum absolute atomic E-state index is 14.0. The van der Waals surface area contributed by atoms with E-state index < -0.39 is 0 Å². The number of hydrogen-bond acceptors (Lipinski definition) is 4. The van der Waals surface area contributed by atoms with Gasteiger partial charge in [0, 0.05) is 63.5 Å². The molecule has 1 aromatic rings. The van der Waals surface area contributed by atoms with Gasteiger partial charge in [-0.1, -0.05) is 17.7 Å². The van der Waals surface area contributed by atoms with Gasteiger partial charge in [0.1, 0.15) is 12.4 Å². The molecule has 1 aliphatic rings. The normalized spacial score (nSPS) is 15.6. The molecule has 1 saturated heterocycles. The fraction of sp³-hybridized carbons (Fsp3) is 0.579. The van der Waals surface area contributed by atoms with Crippen molar-refractivity contribution < 1.29 is 13.9 Å². The van der Waals surface area contributed by atoms with E-state index in [2.05, 4.69) is 25.4 Å². The Kier molecular flexibility index (Phi) is 9.46. The molecule has 156 valence electrons. The summed E-state index contributed by atoms with van der Waals surface area (Å²) in [5.74, 6) is 0.303. The second-order valence-corrected chi connectivity index (χ2v) is 6.88. The van der Waals surface area contributed by atoms with Gasteiger partial charge < -0.3 is 20.3 Å². The molecule has 0 radical (unpaired) electrons. The van der Waals surface area contributed by atoms with E-state index in [-0.39, 0.29) is 18.3 Å². The third-order valence-electron chi connectivity index (χ3n) is 4.45. The average Bonchev–Trinajstić information content (AvgIpc) is 2.69. The monoisotopic (exact) mass is 413 g/mol. The Hall–Kier alpha value is -1.90. The van der Waals surface area contributed by atoms with Crippen molar-refractivity contribution in [1.82, 2.24) is 20.4 Å². The minimum absolute atomic E-state index is 0.0666. The average molecular weight is 414 g/mol. The zero-order valence-corrected chi connectivity index (χ0v) is 17.3. The number of ether oxygens (including phenoxy) is 1. The highest BCUT2D eigenvalue weighted by atomic mass is 35.5. The SMILES string of the molecule is CCNC(=NCC(=O)NCCOC)N1CCN(Cc2c(F)cccc2Cl)CC1. The topological polar surface area (TPSA) is 69.2 Å². The van der Waals surface area contributed by atoms with Crippen LogP contribution in [0.3, 0.4) is 0 Å². The predicted octanol–water partition coefficient (Wildman–Crippen LogP) is 1.32. The third kappa shape index (κ3) is 6.92. The highest BCUT2D eigenvalue weighted by Crippen LogP contribution is 2.21. The van der Waals surface area contributed by atoms with Gasteiger partial charge >= 0.3 is 0 Å². The number of carbonyl (C=O) groups excluding carboxylic acids is 1. The van der Waals surface area contributed by atoms with Gasteiger partial charge in [-0.3, -0.25) is 9.69 Å². The van der Waals surface area contributed by atoms with E-state index in [0.717, 1.165) is 32.7 Å². The summed E-state index contributed by atoms with van der Waals surface area (Å²) in [6.45, 7) is 7.20. The number of methoxy groups -OCH3 is 1. The Labute approximate surface area is 170 Å². The van der Waals surface area contributed by atoms with E-state index in [1.807, 2.05) is 6.92 Å². The van der Waals surface area contributed by atoms with Gasteiger partial charge in [0.25, 0.3) is 0 Å². The second-order valence-electron chi connectivity index (χ2n) is 6.48. The molecule has 1 aliphatic heterocycles. The zero-order chi connectivity index (χ0) is 20.4. The standard InChI is InChI=1S/C19H29ClFN5O2/c1-3-22-19(24-13-18(27)23-7-12-28-2)26-10-8-25(9-11-26)14-15-16(20)5-4-6-17(15)21/h4-6H,3,7-14H2,1-2H3,(H,22,24)(H,23,27). The number of amides is 1. The first-order valence-electron chi connectivity index (χ1n) is 9.49. The van der Waals surface area contributed by atoms with Crippen molar-refractivity contribution in [2.24, 2.45) is 4.99 Å². The largest absolute Gasteiger partial charge is 0.383 e. The van der Waals surface area contributed by atoms with Crippen LogP contribution >= 0.6 is 11.6 Å². The molecule has 0 saturated carbocycles. The van der Waals surface area contributed by atoms with Gasteiger partial charge in [-0.25, -0.2) is 9.38 Å². The number of benzene rings is 1. The van der Waals surface area contributed by atoms with Crippen molar-refractivity contribution in [2.75, 3.05) is 59.5 Å². The molecule has 7 nitrogen and oxygen atoms in total. The maximum Gasteiger partial charge on any atom is 0.241 e. The number of hydrogen-bond donors (Lipinski definition) is 2. The molecule has 2 N–H and O–H groups in total. The van der Waals surface area contributed by atoms with Crippen LogP contribution in [0.1, 0.15) is 12.5 Å². The van der Waals surface area contributed by atoms with E-state index in [4.69, 9.17) is 16.3 Å². The first-order chi connectivity index (χ1) is 13.5. The first-order valence-corrected chi connectivity index (χ1v) is 9.87. The molecule has 2 rings (SSSR count). The summed E-state index contributed by atoms with van der Waals surface area (Å²) in [6, 6.07) is 4.76. The van der Waals surface area contributed by atoms with Crippen LogP contribution in [0.5, 0.6) is 0 Å². The maximum atomic E-state index is 14.0. The van der Waals surface area contributed by atoms with Crippen molar-refractivity contribution in [3.05, 3.63) is 34.6 Å². The smallest absolute Gasteiger partial charge is 0.241 e. The van der Waals surface area contributed by atoms with Crippen LogP contribution in [0.25, 0.3) is 0 Å². The first kappa shape index (κ1) is 22.4. The molecule has 1 aromatic carbocycles. The van der Waals surface area contributed by atoms with E-state index >= 15 is 0 Å². The highest BCUT2D eigenvalue weighted by molar-refractivity contribution is 6.31. The Balaban J connectivity index is 1.87. The number of rotatable bonds is 8. The molecule has 28 heavy (non-hydrogen) atoms. The van der Waals surface area contributed by atoms with Gasteiger partial charge in [-0.05, 0) is 19.1 Å². The van der Waals surface area contributed by atoms with Crippen LogP contribution in [0, 0.1) is 5.82 Å². The molecule has 9 heteroatoms. The van der Waals surface area contributed by atoms with Crippen LogP contribution in [-0.4, -0.2) is 81.2 Å². The number of halogens is 2. The summed E-state index contributed by atoms with van der Waals surface area (Å²) >= 11 is 6.13. The van der Waals surface area contributed by atoms with E-state index in [1.54, 1.807) is 19.2 Å². The lowest BCUT2D eigenvalue weighted by Crippen LogP contribution is -2.52. The quantitative estimate of drug-likeness (QED) is 0.382. The van der Waals surface area contributed by atoms with Crippen LogP contribution in [0.4, 0.5) is 4.39 Å². The van der Waals surface area contributed by atoms with Crippen molar-refractivity contribution in [3.8, 4) is 0 Å². The molecule has 0 spiro atoms. The van der Waals surface area contributed by atoms with Gasteiger partial charge in [0.05, 0.1) is 6.61 Å². The van der Waals surface area contributed by atoms with E-state index in [1.165, 1.54) is 6.07 Å². The van der Waals surface area contributed by atoms with Gasteiger partial charge in [-0.2, -0.15) is 0 Å². The summed E-state index contributed by atoms with van der Waals surface area (Å²) in [7, 11) is 1.59. The lowest BCUT2D eigenvalue weighted by atomic mass is 10.2. The molecular formula is C19H29ClFN5O2. The highest BCUT2D eigenvalue weighted by Gasteiger charge is 2.21. The Morgan fingerprint density at radius 2 is 2.04 bits per heavy atom. The minimum Gasteiger partial charge on any atom is -0.383 e. The molecule has 1 heterocycles. The molecule has 0 aliphatic carbocycles. The Bertz CT molecular complexity index is 645. The molecule has 1 fully saturated rings. The van der Waals surface area contributed by atoms with Crippen molar-refractivity contribution in [3.63, 3.8) is 0 Å². The van der Waals surface area contributed by atoms with Crippen LogP contribution in [0.2, 0.25) is 5.02 Å². The molecular weight excluding hydrogens is 385 g/mol. The molecule has 0 bridgehead atoms. The van der Waals surface area contributed by atoms with Gasteiger partial charge in [0.15, 0.2) is 5.96 Å². The minimum atomic E-state index is -0.274. The summed E-state index contributed by atoms with van der Waals surface area (Å²) in [4.78, 5) is 20.6. The lowest BCUT2D eigenvalue weighted by Gasteiger charge is -2.36. The Morgan fingerprint density at radius 1 is 1.29 bits per heavy atom. The van der Waals surface area contributed by atoms with E-state index in [0.29, 0.717) is 36.2 Å². The summed E-state index contributed by atoms with van der Waals surface area (Å²) in [5, 5.41) is 6.44. The zero-order valence-electron chi connectivity index (χ0n) is 16.5. The fourth-order valence-corrected chi connectivity index (χ4v) is 3.17. The van der Waals surface area contributed by atoms with Crippen LogP contribution in [0.15, 0.2) is 23.2 Å². The second kappa shape index (κ2) is 11.8. The lowest BCUT2D eigenvalue weighted by molar-refractivity contribution is -0.119. The number of nitrogens with one attached hydrogen (secondary N) is 2. The van der Waals surface area contributed by atoms with Crippen LogP contribution in [-0.2, 0) is 16.1 Å². The fourth-order valence-electron chi connectivity index (χ4n) is 2.95. The summed E-state index contributed by atoms with van der Waals surface area (Å²) in [5.41, 5.74) is 0.533. The number of carbonyl (C=O) groups is 1. The Morgan fingerprint density at radius 3 is 2.68 bits per heavy atom. The van der Waals surface area contributed by atoms with Crippen LogP contribution < -0.4 is 10.6 Å². The molecule has 0 aromatic heterocycles. The number of nitrogens with zero attached hydrogens (tertiary/aromatic N) is 3. The van der Waals surface area contributed by atoms with Crippen molar-refractivity contribution in [1.29, 1.82) is 0 Å². The van der Waals surface area contributed by atoms with E-state index in [9.17, 15) is 9.18 Å². The number of aliphatic imine (C=N–C) groups is 1. The molecule has 0 unspecified atom stereocenters. The summed E-state index contributed by atoms with van der Waals surface area (Å²) < 4.78 is 18.9. The van der Waals surface area contributed by atoms with Crippen molar-refractivity contribution in [2.45, 2.75) is 13.5 Å². The number of piperazine rings is 1. The van der Waals surface area contributed by atoms with Gasteiger partial charge in [0.2, 0.25) is 5.91 Å².